The molecule has 0 bridgehead atoms. The van der Waals surface area contributed by atoms with Crippen LogP contribution in [0, 0.1) is 11.3 Å². The maximum atomic E-state index is 11.0. The monoisotopic (exact) mass is 201 g/mol. The lowest BCUT2D eigenvalue weighted by Crippen LogP contribution is -2.46. The Balaban J connectivity index is 2.86. The molecule has 0 aromatic rings. The van der Waals surface area contributed by atoms with Crippen LogP contribution in [0.5, 0.6) is 0 Å². The van der Waals surface area contributed by atoms with Crippen molar-refractivity contribution in [2.75, 3.05) is 13.2 Å². The van der Waals surface area contributed by atoms with E-state index in [1.165, 1.54) is 4.90 Å². The zero-order chi connectivity index (χ0) is 10.9. The standard InChI is InChI=1S/C10H19NO3/c1-10(2,3)8-7(6-12)4-5-11(8)9(13)14/h7-8,12H,4-6H2,1-3H3,(H,13,14)/t7?,8-/m1/s1. The molecule has 0 spiro atoms. The van der Waals surface area contributed by atoms with Gasteiger partial charge in [0.1, 0.15) is 0 Å². The van der Waals surface area contributed by atoms with Crippen molar-refractivity contribution in [1.29, 1.82) is 0 Å². The largest absolute Gasteiger partial charge is 0.465 e. The number of aliphatic hydroxyl groups excluding tert-OH is 1. The summed E-state index contributed by atoms with van der Waals surface area (Å²) in [5.41, 5.74) is -0.109. The summed E-state index contributed by atoms with van der Waals surface area (Å²) < 4.78 is 0. The first kappa shape index (κ1) is 11.3. The highest BCUT2D eigenvalue weighted by Gasteiger charge is 2.43. The maximum Gasteiger partial charge on any atom is 0.407 e. The maximum absolute atomic E-state index is 11.0. The lowest BCUT2D eigenvalue weighted by atomic mass is 9.80. The van der Waals surface area contributed by atoms with Crippen LogP contribution in [0.3, 0.4) is 0 Å². The van der Waals surface area contributed by atoms with Crippen LogP contribution >= 0.6 is 0 Å². The lowest BCUT2D eigenvalue weighted by molar-refractivity contribution is 0.0750. The minimum absolute atomic E-state index is 0.0648. The minimum Gasteiger partial charge on any atom is -0.465 e. The van der Waals surface area contributed by atoms with Gasteiger partial charge in [-0.2, -0.15) is 0 Å². The molecular weight excluding hydrogens is 182 g/mol. The number of aliphatic hydroxyl groups is 1. The van der Waals surface area contributed by atoms with Gasteiger partial charge in [-0.1, -0.05) is 20.8 Å². The predicted molar refractivity (Wildman–Crippen MR) is 53.2 cm³/mol. The number of hydrogen-bond acceptors (Lipinski definition) is 2. The van der Waals surface area contributed by atoms with Gasteiger partial charge in [-0.05, 0) is 11.8 Å². The normalized spacial score (nSPS) is 28.1. The summed E-state index contributed by atoms with van der Waals surface area (Å²) in [5.74, 6) is 0.0890. The number of rotatable bonds is 1. The second-order valence-electron chi connectivity index (χ2n) is 5.02. The van der Waals surface area contributed by atoms with Crippen molar-refractivity contribution < 1.29 is 15.0 Å². The third-order valence-electron chi connectivity index (χ3n) is 2.89. The number of hydrogen-bond donors (Lipinski definition) is 2. The average molecular weight is 201 g/mol. The van der Waals surface area contributed by atoms with Gasteiger partial charge in [0.05, 0.1) is 0 Å². The first-order chi connectivity index (χ1) is 6.38. The molecule has 1 fully saturated rings. The first-order valence-corrected chi connectivity index (χ1v) is 4.98. The molecule has 1 heterocycles. The van der Waals surface area contributed by atoms with Crippen LogP contribution < -0.4 is 0 Å². The van der Waals surface area contributed by atoms with Gasteiger partial charge in [-0.25, -0.2) is 4.79 Å². The molecule has 4 nitrogen and oxygen atoms in total. The van der Waals surface area contributed by atoms with Crippen molar-refractivity contribution in [3.8, 4) is 0 Å². The molecule has 1 aliphatic heterocycles. The number of carboxylic acid groups (broad SMARTS) is 1. The third-order valence-corrected chi connectivity index (χ3v) is 2.89. The Labute approximate surface area is 84.5 Å². The molecule has 0 aliphatic carbocycles. The minimum atomic E-state index is -0.874. The van der Waals surface area contributed by atoms with Crippen molar-refractivity contribution in [3.05, 3.63) is 0 Å². The summed E-state index contributed by atoms with van der Waals surface area (Å²) in [6.45, 7) is 6.67. The van der Waals surface area contributed by atoms with Crippen LogP contribution in [0.4, 0.5) is 4.79 Å². The van der Waals surface area contributed by atoms with Crippen LogP contribution in [0.15, 0.2) is 0 Å². The summed E-state index contributed by atoms with van der Waals surface area (Å²) in [4.78, 5) is 12.4. The van der Waals surface area contributed by atoms with Gasteiger partial charge < -0.3 is 15.1 Å². The average Bonchev–Trinajstić information content (AvgIpc) is 2.45. The third kappa shape index (κ3) is 2.00. The van der Waals surface area contributed by atoms with E-state index in [9.17, 15) is 9.90 Å². The number of likely N-dealkylation sites (tertiary alicyclic amines) is 1. The quantitative estimate of drug-likeness (QED) is 0.674. The smallest absolute Gasteiger partial charge is 0.407 e. The molecule has 14 heavy (non-hydrogen) atoms. The molecule has 4 heteroatoms. The first-order valence-electron chi connectivity index (χ1n) is 4.98. The van der Waals surface area contributed by atoms with Gasteiger partial charge in [0, 0.05) is 25.1 Å². The van der Waals surface area contributed by atoms with Crippen LogP contribution in [0.2, 0.25) is 0 Å². The summed E-state index contributed by atoms with van der Waals surface area (Å²) in [6, 6.07) is -0.0648. The molecule has 2 N–H and O–H groups in total. The summed E-state index contributed by atoms with van der Waals surface area (Å²) in [6.07, 6.45) is -0.106. The van der Waals surface area contributed by atoms with Crippen LogP contribution in [0.1, 0.15) is 27.2 Å². The Morgan fingerprint density at radius 2 is 2.07 bits per heavy atom. The molecule has 2 atom stereocenters. The zero-order valence-corrected chi connectivity index (χ0v) is 9.03. The van der Waals surface area contributed by atoms with Crippen LogP contribution in [-0.4, -0.2) is 40.4 Å². The molecular formula is C10H19NO3. The molecule has 82 valence electrons. The molecule has 0 aromatic carbocycles. The Bertz CT molecular complexity index is 222. The van der Waals surface area contributed by atoms with E-state index in [4.69, 9.17) is 5.11 Å². The lowest BCUT2D eigenvalue weighted by Gasteiger charge is -2.36. The summed E-state index contributed by atoms with van der Waals surface area (Å²) in [5, 5.41) is 18.2. The van der Waals surface area contributed by atoms with Crippen molar-refractivity contribution >= 4 is 6.09 Å². The molecule has 0 radical (unpaired) electrons. The molecule has 1 unspecified atom stereocenters. The van der Waals surface area contributed by atoms with E-state index in [0.29, 0.717) is 6.54 Å². The fourth-order valence-electron chi connectivity index (χ4n) is 2.44. The topological polar surface area (TPSA) is 60.8 Å². The molecule has 1 rings (SSSR count). The number of amides is 1. The Kier molecular flexibility index (Phi) is 3.04. The highest BCUT2D eigenvalue weighted by molar-refractivity contribution is 5.66. The van der Waals surface area contributed by atoms with Gasteiger partial charge in [-0.15, -0.1) is 0 Å². The summed E-state index contributed by atoms with van der Waals surface area (Å²) in [7, 11) is 0. The fourth-order valence-corrected chi connectivity index (χ4v) is 2.44. The van der Waals surface area contributed by atoms with E-state index in [0.717, 1.165) is 6.42 Å². The number of carbonyl (C=O) groups is 1. The van der Waals surface area contributed by atoms with Crippen molar-refractivity contribution in [1.82, 2.24) is 4.90 Å². The van der Waals surface area contributed by atoms with Crippen LogP contribution in [0.25, 0.3) is 0 Å². The van der Waals surface area contributed by atoms with E-state index >= 15 is 0 Å². The zero-order valence-electron chi connectivity index (χ0n) is 9.03. The second kappa shape index (κ2) is 3.77. The van der Waals surface area contributed by atoms with Gasteiger partial charge in [0.15, 0.2) is 0 Å². The molecule has 1 saturated heterocycles. The van der Waals surface area contributed by atoms with E-state index in [2.05, 4.69) is 0 Å². The van der Waals surface area contributed by atoms with E-state index in [1.807, 2.05) is 20.8 Å². The highest BCUT2D eigenvalue weighted by Crippen LogP contribution is 2.36. The summed E-state index contributed by atoms with van der Waals surface area (Å²) >= 11 is 0. The highest BCUT2D eigenvalue weighted by atomic mass is 16.4. The Morgan fingerprint density at radius 1 is 1.50 bits per heavy atom. The SMILES string of the molecule is CC(C)(C)[C@H]1C(CO)CCN1C(=O)O. The van der Waals surface area contributed by atoms with Gasteiger partial charge in [-0.3, -0.25) is 0 Å². The van der Waals surface area contributed by atoms with Crippen molar-refractivity contribution in [3.63, 3.8) is 0 Å². The van der Waals surface area contributed by atoms with Gasteiger partial charge in [0.25, 0.3) is 0 Å². The Hall–Kier alpha value is -0.770. The van der Waals surface area contributed by atoms with E-state index in [1.54, 1.807) is 0 Å². The van der Waals surface area contributed by atoms with Crippen LogP contribution in [-0.2, 0) is 0 Å². The van der Waals surface area contributed by atoms with Gasteiger partial charge >= 0.3 is 6.09 Å². The molecule has 1 aliphatic rings. The van der Waals surface area contributed by atoms with E-state index in [-0.39, 0.29) is 24.0 Å². The fraction of sp³-hybridized carbons (Fsp3) is 0.900. The van der Waals surface area contributed by atoms with Crippen molar-refractivity contribution in [2.24, 2.45) is 11.3 Å². The predicted octanol–water partition coefficient (Wildman–Crippen LogP) is 1.39. The second-order valence-corrected chi connectivity index (χ2v) is 5.02. The van der Waals surface area contributed by atoms with Gasteiger partial charge in [0.2, 0.25) is 0 Å². The number of nitrogens with zero attached hydrogens (tertiary/aromatic N) is 1. The molecule has 1 amide bonds. The molecule has 0 saturated carbocycles. The van der Waals surface area contributed by atoms with E-state index < -0.39 is 6.09 Å². The Morgan fingerprint density at radius 3 is 2.43 bits per heavy atom. The van der Waals surface area contributed by atoms with Crippen molar-refractivity contribution in [2.45, 2.75) is 33.2 Å². The molecule has 0 aromatic heterocycles.